The van der Waals surface area contributed by atoms with Crippen LogP contribution in [0.15, 0.2) is 72.8 Å². The number of carbonyl (C=O) groups excluding carboxylic acids is 1. The van der Waals surface area contributed by atoms with E-state index in [0.29, 0.717) is 17.9 Å². The fourth-order valence-corrected chi connectivity index (χ4v) is 4.07. The van der Waals surface area contributed by atoms with Gasteiger partial charge >= 0.3 is 0 Å². The lowest BCUT2D eigenvalue weighted by atomic mass is 10.0. The highest BCUT2D eigenvalue weighted by atomic mass is 16.5. The van der Waals surface area contributed by atoms with Crippen LogP contribution in [-0.4, -0.2) is 13.0 Å². The number of aryl methyl sites for hydroxylation is 3. The number of fused-ring (bicyclic) bond motifs is 1. The van der Waals surface area contributed by atoms with Crippen molar-refractivity contribution in [1.29, 1.82) is 0 Å². The van der Waals surface area contributed by atoms with Gasteiger partial charge in [-0.2, -0.15) is 0 Å². The maximum absolute atomic E-state index is 13.0. The second kappa shape index (κ2) is 9.15. The third-order valence-electron chi connectivity index (χ3n) is 5.59. The van der Waals surface area contributed by atoms with E-state index in [4.69, 9.17) is 9.47 Å². The van der Waals surface area contributed by atoms with Crippen molar-refractivity contribution in [2.75, 3.05) is 12.4 Å². The normalized spacial score (nSPS) is 10.8. The summed E-state index contributed by atoms with van der Waals surface area (Å²) in [7, 11) is 1.62. The monoisotopic (exact) mass is 425 g/mol. The summed E-state index contributed by atoms with van der Waals surface area (Å²) in [6.45, 7) is 6.36. The molecule has 4 aromatic rings. The Morgan fingerprint density at radius 3 is 2.31 bits per heavy atom. The summed E-state index contributed by atoms with van der Waals surface area (Å²) < 4.78 is 11.7. The second-order valence-electron chi connectivity index (χ2n) is 8.02. The van der Waals surface area contributed by atoms with Gasteiger partial charge in [-0.3, -0.25) is 4.79 Å². The number of benzene rings is 4. The number of ether oxygens (including phenoxy) is 2. The van der Waals surface area contributed by atoms with Crippen LogP contribution in [0.5, 0.6) is 11.5 Å². The number of methoxy groups -OCH3 is 1. The van der Waals surface area contributed by atoms with E-state index < -0.39 is 0 Å². The molecule has 0 aliphatic rings. The van der Waals surface area contributed by atoms with Crippen molar-refractivity contribution >= 4 is 22.4 Å². The average Bonchev–Trinajstić information content (AvgIpc) is 2.79. The lowest BCUT2D eigenvalue weighted by Crippen LogP contribution is -2.14. The zero-order valence-electron chi connectivity index (χ0n) is 18.9. The van der Waals surface area contributed by atoms with Gasteiger partial charge in [0, 0.05) is 22.2 Å². The quantitative estimate of drug-likeness (QED) is 0.378. The minimum absolute atomic E-state index is 0.158. The van der Waals surface area contributed by atoms with Crippen LogP contribution in [0.25, 0.3) is 10.8 Å². The molecule has 4 nitrogen and oxygen atoms in total. The van der Waals surface area contributed by atoms with Crippen molar-refractivity contribution in [3.63, 3.8) is 0 Å². The Balaban J connectivity index is 1.58. The van der Waals surface area contributed by atoms with Crippen LogP contribution in [0.3, 0.4) is 0 Å². The van der Waals surface area contributed by atoms with Gasteiger partial charge in [0.2, 0.25) is 0 Å². The minimum atomic E-state index is -0.158. The average molecular weight is 426 g/mol. The van der Waals surface area contributed by atoms with Crippen molar-refractivity contribution in [3.8, 4) is 11.5 Å². The molecule has 0 fully saturated rings. The minimum Gasteiger partial charge on any atom is -0.496 e. The largest absolute Gasteiger partial charge is 0.496 e. The van der Waals surface area contributed by atoms with Crippen molar-refractivity contribution in [1.82, 2.24) is 0 Å². The van der Waals surface area contributed by atoms with Crippen LogP contribution >= 0.6 is 0 Å². The molecule has 4 aromatic carbocycles. The summed E-state index contributed by atoms with van der Waals surface area (Å²) in [5, 5.41) is 5.23. The Morgan fingerprint density at radius 1 is 0.844 bits per heavy atom. The third kappa shape index (κ3) is 4.45. The van der Waals surface area contributed by atoms with E-state index in [-0.39, 0.29) is 5.91 Å². The Labute approximate surface area is 188 Å². The lowest BCUT2D eigenvalue weighted by molar-refractivity contribution is 0.102. The highest BCUT2D eigenvalue weighted by Crippen LogP contribution is 2.28. The molecule has 0 aliphatic carbocycles. The summed E-state index contributed by atoms with van der Waals surface area (Å²) in [6.07, 6.45) is 0. The molecular formula is C28H27NO3. The molecule has 0 saturated heterocycles. The number of hydrogen-bond acceptors (Lipinski definition) is 3. The Morgan fingerprint density at radius 2 is 1.56 bits per heavy atom. The van der Waals surface area contributed by atoms with E-state index in [2.05, 4.69) is 36.5 Å². The van der Waals surface area contributed by atoms with Gasteiger partial charge in [-0.05, 0) is 61.5 Å². The fraction of sp³-hybridized carbons (Fsp3) is 0.179. The Kier molecular flexibility index (Phi) is 6.13. The molecule has 162 valence electrons. The van der Waals surface area contributed by atoms with E-state index in [1.54, 1.807) is 13.2 Å². The molecule has 32 heavy (non-hydrogen) atoms. The Hall–Kier alpha value is -3.79. The first-order chi connectivity index (χ1) is 15.5. The molecule has 0 radical (unpaired) electrons. The van der Waals surface area contributed by atoms with Crippen molar-refractivity contribution in [2.45, 2.75) is 27.4 Å². The number of rotatable bonds is 6. The van der Waals surface area contributed by atoms with E-state index in [9.17, 15) is 4.79 Å². The molecular weight excluding hydrogens is 398 g/mol. The first-order valence-electron chi connectivity index (χ1n) is 10.6. The Bertz CT molecular complexity index is 1260. The SMILES string of the molecule is COc1ccc(C(=O)Nc2c(C)cc(C)cc2C)cc1COc1cccc2ccccc12. The van der Waals surface area contributed by atoms with Crippen molar-refractivity contribution in [3.05, 3.63) is 101 Å². The van der Waals surface area contributed by atoms with Crippen LogP contribution in [0.1, 0.15) is 32.6 Å². The standard InChI is InChI=1S/C28H27NO3/c1-18-14-19(2)27(20(3)15-18)29-28(30)22-12-13-25(31-4)23(16-22)17-32-26-11-7-9-21-8-5-6-10-24(21)26/h5-16H,17H2,1-4H3,(H,29,30). The summed E-state index contributed by atoms with van der Waals surface area (Å²) in [4.78, 5) is 13.0. The summed E-state index contributed by atoms with van der Waals surface area (Å²) in [5.74, 6) is 1.32. The zero-order valence-corrected chi connectivity index (χ0v) is 18.9. The van der Waals surface area contributed by atoms with Crippen LogP contribution < -0.4 is 14.8 Å². The maximum atomic E-state index is 13.0. The summed E-state index contributed by atoms with van der Waals surface area (Å²) >= 11 is 0. The molecule has 4 heteroatoms. The number of anilines is 1. The first kappa shape index (κ1) is 21.4. The number of nitrogens with one attached hydrogen (secondary N) is 1. The van der Waals surface area contributed by atoms with Crippen LogP contribution in [0.4, 0.5) is 5.69 Å². The van der Waals surface area contributed by atoms with Crippen LogP contribution in [-0.2, 0) is 6.61 Å². The van der Waals surface area contributed by atoms with E-state index in [0.717, 1.165) is 38.9 Å². The van der Waals surface area contributed by atoms with Gasteiger partial charge < -0.3 is 14.8 Å². The van der Waals surface area contributed by atoms with Crippen molar-refractivity contribution in [2.24, 2.45) is 0 Å². The van der Waals surface area contributed by atoms with E-state index in [1.165, 1.54) is 5.56 Å². The van der Waals surface area contributed by atoms with Gasteiger partial charge in [0.15, 0.2) is 0 Å². The second-order valence-corrected chi connectivity index (χ2v) is 8.02. The lowest BCUT2D eigenvalue weighted by Gasteiger charge is -2.15. The van der Waals surface area contributed by atoms with Crippen LogP contribution in [0, 0.1) is 20.8 Å². The molecule has 0 aromatic heterocycles. The maximum Gasteiger partial charge on any atom is 0.255 e. The third-order valence-corrected chi connectivity index (χ3v) is 5.59. The van der Waals surface area contributed by atoms with Gasteiger partial charge in [0.1, 0.15) is 18.1 Å². The molecule has 0 spiro atoms. The predicted octanol–water partition coefficient (Wildman–Crippen LogP) is 6.60. The van der Waals surface area contributed by atoms with E-state index in [1.807, 2.05) is 56.3 Å². The topological polar surface area (TPSA) is 47.6 Å². The van der Waals surface area contributed by atoms with E-state index >= 15 is 0 Å². The highest BCUT2D eigenvalue weighted by molar-refractivity contribution is 6.05. The van der Waals surface area contributed by atoms with Gasteiger partial charge in [0.05, 0.1) is 7.11 Å². The number of amides is 1. The molecule has 0 unspecified atom stereocenters. The number of carbonyl (C=O) groups is 1. The molecule has 1 amide bonds. The molecule has 0 saturated carbocycles. The number of hydrogen-bond donors (Lipinski definition) is 1. The molecule has 0 aliphatic heterocycles. The van der Waals surface area contributed by atoms with Gasteiger partial charge in [-0.25, -0.2) is 0 Å². The van der Waals surface area contributed by atoms with Gasteiger partial charge in [-0.1, -0.05) is 54.1 Å². The van der Waals surface area contributed by atoms with Gasteiger partial charge in [0.25, 0.3) is 5.91 Å². The van der Waals surface area contributed by atoms with Crippen molar-refractivity contribution < 1.29 is 14.3 Å². The van der Waals surface area contributed by atoms with Crippen LogP contribution in [0.2, 0.25) is 0 Å². The molecule has 0 heterocycles. The van der Waals surface area contributed by atoms with Gasteiger partial charge in [-0.15, -0.1) is 0 Å². The predicted molar refractivity (Wildman–Crippen MR) is 130 cm³/mol. The first-order valence-corrected chi connectivity index (χ1v) is 10.6. The fourth-order valence-electron chi connectivity index (χ4n) is 4.07. The molecule has 4 rings (SSSR count). The molecule has 0 atom stereocenters. The summed E-state index contributed by atoms with van der Waals surface area (Å²) in [5.41, 5.74) is 5.49. The summed E-state index contributed by atoms with van der Waals surface area (Å²) in [6, 6.07) is 23.6. The zero-order chi connectivity index (χ0) is 22.7. The molecule has 0 bridgehead atoms. The molecule has 1 N–H and O–H groups in total. The smallest absolute Gasteiger partial charge is 0.255 e. The highest BCUT2D eigenvalue weighted by Gasteiger charge is 2.14.